The molecule has 32 heavy (non-hydrogen) atoms. The quantitative estimate of drug-likeness (QED) is 0.238. The topological polar surface area (TPSA) is 117 Å². The second-order valence-corrected chi connectivity index (χ2v) is 6.82. The molecule has 0 spiro atoms. The Morgan fingerprint density at radius 1 is 1.03 bits per heavy atom. The molecule has 0 fully saturated rings. The first-order valence-corrected chi connectivity index (χ1v) is 10.00. The molecule has 8 heteroatoms. The van der Waals surface area contributed by atoms with E-state index in [1.807, 2.05) is 36.4 Å². The number of nitrogens with one attached hydrogen (secondary N) is 2. The van der Waals surface area contributed by atoms with Crippen LogP contribution < -0.4 is 10.8 Å². The monoisotopic (exact) mass is 436 g/mol. The van der Waals surface area contributed by atoms with Crippen LogP contribution in [0.4, 0.5) is 10.5 Å². The van der Waals surface area contributed by atoms with Gasteiger partial charge in [-0.1, -0.05) is 48.5 Å². The van der Waals surface area contributed by atoms with E-state index < -0.39 is 24.2 Å². The van der Waals surface area contributed by atoms with E-state index in [1.54, 1.807) is 25.1 Å². The molecule has 0 saturated carbocycles. The predicted octanol–water partition coefficient (Wildman–Crippen LogP) is 4.30. The van der Waals surface area contributed by atoms with Crippen molar-refractivity contribution in [3.63, 3.8) is 0 Å². The molecular formula is C24H24N2O6. The maximum absolute atomic E-state index is 12.8. The highest BCUT2D eigenvalue weighted by Gasteiger charge is 2.26. The molecule has 2 amide bonds. The van der Waals surface area contributed by atoms with Crippen molar-refractivity contribution in [1.82, 2.24) is 5.48 Å². The van der Waals surface area contributed by atoms with Gasteiger partial charge < -0.3 is 14.6 Å². The normalized spacial score (nSPS) is 12.9. The number of phenolic OH excluding ortho intramolecular Hbond substituents is 1. The van der Waals surface area contributed by atoms with Gasteiger partial charge in [-0.05, 0) is 42.1 Å². The first-order valence-electron chi connectivity index (χ1n) is 10.00. The summed E-state index contributed by atoms with van der Waals surface area (Å²) in [6, 6.07) is 19.3. The molecule has 0 saturated heterocycles. The van der Waals surface area contributed by atoms with Gasteiger partial charge in [0.15, 0.2) is 6.10 Å². The maximum atomic E-state index is 12.8. The molecule has 0 aromatic heterocycles. The van der Waals surface area contributed by atoms with E-state index in [-0.39, 0.29) is 12.4 Å². The molecule has 0 radical (unpaired) electrons. The Hall–Kier alpha value is -3.88. The van der Waals surface area contributed by atoms with Crippen LogP contribution in [-0.4, -0.2) is 35.0 Å². The number of hydrogen-bond donors (Lipinski definition) is 4. The first kappa shape index (κ1) is 22.8. The van der Waals surface area contributed by atoms with Crippen molar-refractivity contribution in [1.29, 1.82) is 0 Å². The zero-order chi connectivity index (χ0) is 22.9. The lowest BCUT2D eigenvalue weighted by Crippen LogP contribution is -2.28. The number of fused-ring (bicyclic) bond motifs is 1. The lowest BCUT2D eigenvalue weighted by Gasteiger charge is -2.25. The molecule has 166 valence electrons. The van der Waals surface area contributed by atoms with Gasteiger partial charge in [0.25, 0.3) is 5.91 Å². The molecule has 0 heterocycles. The van der Waals surface area contributed by atoms with Crippen molar-refractivity contribution in [3.8, 4) is 5.75 Å². The summed E-state index contributed by atoms with van der Waals surface area (Å²) in [5.41, 5.74) is 2.63. The Morgan fingerprint density at radius 3 is 2.47 bits per heavy atom. The summed E-state index contributed by atoms with van der Waals surface area (Å²) in [5, 5.41) is 22.9. The molecule has 2 atom stereocenters. The fraction of sp³-hybridized carbons (Fsp3) is 0.167. The van der Waals surface area contributed by atoms with E-state index in [0.29, 0.717) is 11.3 Å². The summed E-state index contributed by atoms with van der Waals surface area (Å²) in [5.74, 6) is -0.699. The van der Waals surface area contributed by atoms with Crippen LogP contribution in [0, 0.1) is 0 Å². The Balaban J connectivity index is 1.88. The summed E-state index contributed by atoms with van der Waals surface area (Å²) in [6.45, 7) is 2.04. The van der Waals surface area contributed by atoms with Crippen molar-refractivity contribution in [2.24, 2.45) is 0 Å². The van der Waals surface area contributed by atoms with E-state index in [9.17, 15) is 14.7 Å². The number of anilines is 1. The second-order valence-electron chi connectivity index (χ2n) is 6.82. The first-order chi connectivity index (χ1) is 15.5. The average molecular weight is 436 g/mol. The summed E-state index contributed by atoms with van der Waals surface area (Å²) < 4.78 is 11.4. The van der Waals surface area contributed by atoms with E-state index in [4.69, 9.17) is 14.7 Å². The van der Waals surface area contributed by atoms with Crippen LogP contribution in [0.1, 0.15) is 18.6 Å². The SMILES string of the molecule is CCO[C@H](/C=C/C(=O)NO)[C@H](OC(=O)Nc1cccc2ccccc12)c1ccc(O)cc1. The van der Waals surface area contributed by atoms with Crippen LogP contribution >= 0.6 is 0 Å². The highest BCUT2D eigenvalue weighted by Crippen LogP contribution is 2.28. The number of benzene rings is 3. The van der Waals surface area contributed by atoms with Crippen LogP contribution in [0.25, 0.3) is 10.8 Å². The number of rotatable bonds is 8. The molecule has 0 aliphatic carbocycles. The summed E-state index contributed by atoms with van der Waals surface area (Å²) in [4.78, 5) is 24.3. The minimum Gasteiger partial charge on any atom is -0.508 e. The maximum Gasteiger partial charge on any atom is 0.412 e. The molecule has 0 bridgehead atoms. The Morgan fingerprint density at radius 2 is 1.75 bits per heavy atom. The molecule has 8 nitrogen and oxygen atoms in total. The largest absolute Gasteiger partial charge is 0.508 e. The average Bonchev–Trinajstić information content (AvgIpc) is 2.81. The van der Waals surface area contributed by atoms with Crippen molar-refractivity contribution in [2.75, 3.05) is 11.9 Å². The molecule has 0 aliphatic heterocycles. The van der Waals surface area contributed by atoms with E-state index in [2.05, 4.69) is 5.32 Å². The van der Waals surface area contributed by atoms with Crippen LogP contribution in [-0.2, 0) is 14.3 Å². The van der Waals surface area contributed by atoms with Gasteiger partial charge in [0.1, 0.15) is 11.9 Å². The highest BCUT2D eigenvalue weighted by atomic mass is 16.6. The van der Waals surface area contributed by atoms with Gasteiger partial charge in [-0.15, -0.1) is 0 Å². The van der Waals surface area contributed by atoms with Crippen LogP contribution in [0.2, 0.25) is 0 Å². The lowest BCUT2D eigenvalue weighted by molar-refractivity contribution is -0.124. The van der Waals surface area contributed by atoms with Gasteiger partial charge in [-0.25, -0.2) is 10.3 Å². The molecule has 3 aromatic rings. The van der Waals surface area contributed by atoms with Crippen LogP contribution in [0.3, 0.4) is 0 Å². The molecule has 3 aromatic carbocycles. The Labute approximate surface area is 185 Å². The number of carbonyl (C=O) groups excluding carboxylic acids is 2. The highest BCUT2D eigenvalue weighted by molar-refractivity contribution is 6.00. The van der Waals surface area contributed by atoms with Gasteiger partial charge in [0, 0.05) is 18.1 Å². The minimum absolute atomic E-state index is 0.0517. The fourth-order valence-corrected chi connectivity index (χ4v) is 3.23. The Kier molecular flexibility index (Phi) is 7.80. The zero-order valence-electron chi connectivity index (χ0n) is 17.4. The lowest BCUT2D eigenvalue weighted by atomic mass is 10.0. The predicted molar refractivity (Wildman–Crippen MR) is 119 cm³/mol. The number of amides is 2. The van der Waals surface area contributed by atoms with Gasteiger partial charge >= 0.3 is 6.09 Å². The smallest absolute Gasteiger partial charge is 0.412 e. The number of aromatic hydroxyl groups is 1. The van der Waals surface area contributed by atoms with Gasteiger partial charge in [0.05, 0.1) is 5.69 Å². The summed E-state index contributed by atoms with van der Waals surface area (Å²) >= 11 is 0. The van der Waals surface area contributed by atoms with Crippen molar-refractivity contribution < 1.29 is 29.4 Å². The van der Waals surface area contributed by atoms with Gasteiger partial charge in [0.2, 0.25) is 0 Å². The molecule has 3 rings (SSSR count). The van der Waals surface area contributed by atoms with Gasteiger partial charge in [-0.3, -0.25) is 15.3 Å². The second kappa shape index (κ2) is 10.9. The molecule has 4 N–H and O–H groups in total. The number of hydroxylamine groups is 1. The van der Waals surface area contributed by atoms with Crippen molar-refractivity contribution >= 4 is 28.5 Å². The van der Waals surface area contributed by atoms with Crippen LogP contribution in [0.15, 0.2) is 78.9 Å². The zero-order valence-corrected chi connectivity index (χ0v) is 17.4. The summed E-state index contributed by atoms with van der Waals surface area (Å²) in [7, 11) is 0. The van der Waals surface area contributed by atoms with Gasteiger partial charge in [-0.2, -0.15) is 0 Å². The van der Waals surface area contributed by atoms with Crippen molar-refractivity contribution in [3.05, 3.63) is 84.4 Å². The van der Waals surface area contributed by atoms with E-state index in [0.717, 1.165) is 16.8 Å². The van der Waals surface area contributed by atoms with E-state index >= 15 is 0 Å². The fourth-order valence-electron chi connectivity index (χ4n) is 3.23. The molecule has 0 aliphatic rings. The third-order valence-corrected chi connectivity index (χ3v) is 4.69. The van der Waals surface area contributed by atoms with Crippen LogP contribution in [0.5, 0.6) is 5.75 Å². The standard InChI is InChI=1S/C24H24N2O6/c1-2-31-21(14-15-22(28)26-30)23(17-10-12-18(27)13-11-17)32-24(29)25-20-9-5-7-16-6-3-4-8-19(16)20/h3-15,21,23,27,30H,2H2,1H3,(H,25,29)(H,26,28)/b15-14+/t21-,23-/m1/s1. The van der Waals surface area contributed by atoms with Crippen molar-refractivity contribution in [2.45, 2.75) is 19.1 Å². The molecule has 0 unspecified atom stereocenters. The minimum atomic E-state index is -0.937. The number of ether oxygens (including phenoxy) is 2. The molecular weight excluding hydrogens is 412 g/mol. The Bertz CT molecular complexity index is 1090. The van der Waals surface area contributed by atoms with E-state index in [1.165, 1.54) is 23.7 Å². The summed E-state index contributed by atoms with van der Waals surface area (Å²) in [6.07, 6.45) is -0.0187. The third-order valence-electron chi connectivity index (χ3n) is 4.69. The third kappa shape index (κ3) is 5.84. The number of phenols is 1. The number of carbonyl (C=O) groups is 2. The number of hydrogen-bond acceptors (Lipinski definition) is 6.